The summed E-state index contributed by atoms with van der Waals surface area (Å²) in [7, 11) is 0. The van der Waals surface area contributed by atoms with Crippen LogP contribution in [0, 0.1) is 0 Å². The van der Waals surface area contributed by atoms with Gasteiger partial charge in [-0.1, -0.05) is 87.0 Å². The lowest BCUT2D eigenvalue weighted by atomic mass is 9.87. The molecule has 1 atom stereocenters. The van der Waals surface area contributed by atoms with Gasteiger partial charge in [0.1, 0.15) is 11.8 Å². The Balaban J connectivity index is 1.90. The molecule has 0 bridgehead atoms. The molecular formula is C30H34BrClN2O3. The van der Waals surface area contributed by atoms with E-state index in [9.17, 15) is 9.59 Å². The Morgan fingerprint density at radius 3 is 2.32 bits per heavy atom. The van der Waals surface area contributed by atoms with E-state index in [-0.39, 0.29) is 30.4 Å². The van der Waals surface area contributed by atoms with E-state index in [4.69, 9.17) is 16.3 Å². The maximum Gasteiger partial charge on any atom is 0.261 e. The molecule has 1 N–H and O–H groups in total. The number of halogens is 2. The number of benzene rings is 3. The molecule has 2 amide bonds. The molecule has 5 nitrogen and oxygen atoms in total. The van der Waals surface area contributed by atoms with Crippen LogP contribution < -0.4 is 10.1 Å². The highest BCUT2D eigenvalue weighted by atomic mass is 79.9. The number of nitrogens with zero attached hydrogens (tertiary/aromatic N) is 1. The third-order valence-electron chi connectivity index (χ3n) is 6.07. The number of nitrogens with one attached hydrogen (secondary N) is 1. The average molecular weight is 586 g/mol. The van der Waals surface area contributed by atoms with Crippen LogP contribution in [0.2, 0.25) is 5.02 Å². The summed E-state index contributed by atoms with van der Waals surface area (Å²) in [6, 6.07) is 22.2. The van der Waals surface area contributed by atoms with Crippen molar-refractivity contribution in [2.24, 2.45) is 0 Å². The molecule has 0 fully saturated rings. The predicted molar refractivity (Wildman–Crippen MR) is 153 cm³/mol. The Labute approximate surface area is 233 Å². The van der Waals surface area contributed by atoms with Crippen molar-refractivity contribution in [2.45, 2.75) is 52.1 Å². The fraction of sp³-hybridized carbons (Fsp3) is 0.333. The standard InChI is InChI=1S/C30H34BrClN2O3/c1-5-33-29(36)26(17-21-11-7-6-8-12-21)34(19-22-13-9-10-14-25(22)32)28(35)20-37-27-16-15-23(18-24(27)31)30(2,3)4/h6-16,18,26H,5,17,19-20H2,1-4H3,(H,33,36)/t26-/m1/s1. The van der Waals surface area contributed by atoms with E-state index >= 15 is 0 Å². The maximum absolute atomic E-state index is 13.7. The number of ether oxygens (including phenoxy) is 1. The van der Waals surface area contributed by atoms with Crippen molar-refractivity contribution in [2.75, 3.05) is 13.2 Å². The van der Waals surface area contributed by atoms with Crippen molar-refractivity contribution in [3.8, 4) is 5.75 Å². The largest absolute Gasteiger partial charge is 0.483 e. The summed E-state index contributed by atoms with van der Waals surface area (Å²) < 4.78 is 6.73. The Morgan fingerprint density at radius 1 is 1.03 bits per heavy atom. The van der Waals surface area contributed by atoms with E-state index in [1.54, 1.807) is 11.0 Å². The molecule has 0 saturated heterocycles. The molecule has 0 aliphatic heterocycles. The van der Waals surface area contributed by atoms with E-state index in [0.29, 0.717) is 23.7 Å². The van der Waals surface area contributed by atoms with Crippen molar-refractivity contribution in [3.63, 3.8) is 0 Å². The van der Waals surface area contributed by atoms with Crippen LogP contribution in [0.25, 0.3) is 0 Å². The van der Waals surface area contributed by atoms with Crippen LogP contribution in [0.5, 0.6) is 5.75 Å². The van der Waals surface area contributed by atoms with Gasteiger partial charge in [-0.05, 0) is 63.2 Å². The molecule has 7 heteroatoms. The third-order valence-corrected chi connectivity index (χ3v) is 7.06. The molecule has 0 heterocycles. The number of carbonyl (C=O) groups is 2. The maximum atomic E-state index is 13.7. The Kier molecular flexibility index (Phi) is 10.2. The minimum atomic E-state index is -0.735. The van der Waals surface area contributed by atoms with Gasteiger partial charge in [0.2, 0.25) is 5.91 Å². The first kappa shape index (κ1) is 28.7. The predicted octanol–water partition coefficient (Wildman–Crippen LogP) is 6.56. The quantitative estimate of drug-likeness (QED) is 0.293. The van der Waals surface area contributed by atoms with Gasteiger partial charge in [0.25, 0.3) is 5.91 Å². The normalized spacial score (nSPS) is 12.1. The number of rotatable bonds is 10. The SMILES string of the molecule is CCNC(=O)[C@@H](Cc1ccccc1)N(Cc1ccccc1Cl)C(=O)COc1ccc(C(C)(C)C)cc1Br. The third kappa shape index (κ3) is 8.08. The van der Waals surface area contributed by atoms with Crippen LogP contribution in [-0.2, 0) is 28.0 Å². The van der Waals surface area contributed by atoms with Crippen LogP contribution in [0.3, 0.4) is 0 Å². The van der Waals surface area contributed by atoms with Gasteiger partial charge in [-0.15, -0.1) is 0 Å². The summed E-state index contributed by atoms with van der Waals surface area (Å²) in [6.07, 6.45) is 0.368. The molecule has 196 valence electrons. The second-order valence-corrected chi connectivity index (χ2v) is 11.2. The van der Waals surface area contributed by atoms with Crippen molar-refractivity contribution >= 4 is 39.3 Å². The van der Waals surface area contributed by atoms with Gasteiger partial charge in [0, 0.05) is 24.5 Å². The van der Waals surface area contributed by atoms with Crippen molar-refractivity contribution in [1.82, 2.24) is 10.2 Å². The molecule has 0 radical (unpaired) electrons. The number of hydrogen-bond acceptors (Lipinski definition) is 3. The monoisotopic (exact) mass is 584 g/mol. The van der Waals surface area contributed by atoms with E-state index in [1.165, 1.54) is 0 Å². The fourth-order valence-electron chi connectivity index (χ4n) is 3.96. The first-order valence-electron chi connectivity index (χ1n) is 12.4. The summed E-state index contributed by atoms with van der Waals surface area (Å²) in [4.78, 5) is 28.5. The van der Waals surface area contributed by atoms with Crippen molar-refractivity contribution in [1.29, 1.82) is 0 Å². The smallest absolute Gasteiger partial charge is 0.261 e. The molecule has 3 aromatic carbocycles. The van der Waals surface area contributed by atoms with Gasteiger partial charge in [-0.3, -0.25) is 9.59 Å². The van der Waals surface area contributed by atoms with E-state index < -0.39 is 6.04 Å². The zero-order chi connectivity index (χ0) is 27.0. The molecule has 0 aliphatic carbocycles. The molecule has 0 unspecified atom stereocenters. The first-order valence-corrected chi connectivity index (χ1v) is 13.5. The lowest BCUT2D eigenvalue weighted by Gasteiger charge is -2.31. The number of carbonyl (C=O) groups excluding carboxylic acids is 2. The summed E-state index contributed by atoms with van der Waals surface area (Å²) >= 11 is 10.0. The second kappa shape index (κ2) is 13.1. The first-order chi connectivity index (χ1) is 17.6. The van der Waals surface area contributed by atoms with Crippen LogP contribution in [-0.4, -0.2) is 35.9 Å². The Morgan fingerprint density at radius 2 is 1.70 bits per heavy atom. The minimum absolute atomic E-state index is 0.0140. The van der Waals surface area contributed by atoms with Gasteiger partial charge >= 0.3 is 0 Å². The van der Waals surface area contributed by atoms with Crippen molar-refractivity contribution < 1.29 is 14.3 Å². The summed E-state index contributed by atoms with van der Waals surface area (Å²) in [5, 5.41) is 3.43. The molecular weight excluding hydrogens is 552 g/mol. The lowest BCUT2D eigenvalue weighted by Crippen LogP contribution is -2.51. The molecule has 0 aromatic heterocycles. The van der Waals surface area contributed by atoms with Crippen molar-refractivity contribution in [3.05, 3.63) is 99.0 Å². The molecule has 0 saturated carbocycles. The lowest BCUT2D eigenvalue weighted by molar-refractivity contribution is -0.142. The summed E-state index contributed by atoms with van der Waals surface area (Å²) in [5.41, 5.74) is 2.85. The number of amides is 2. The zero-order valence-corrected chi connectivity index (χ0v) is 24.1. The molecule has 0 aliphatic rings. The molecule has 3 aromatic rings. The van der Waals surface area contributed by atoms with Gasteiger partial charge in [-0.2, -0.15) is 0 Å². The zero-order valence-electron chi connectivity index (χ0n) is 21.8. The highest BCUT2D eigenvalue weighted by Crippen LogP contribution is 2.31. The number of likely N-dealkylation sites (N-methyl/N-ethyl adjacent to an activating group) is 1. The Hall–Kier alpha value is -2.83. The van der Waals surface area contributed by atoms with Crippen LogP contribution >= 0.6 is 27.5 Å². The average Bonchev–Trinajstić information content (AvgIpc) is 2.86. The van der Waals surface area contributed by atoms with Gasteiger partial charge in [0.15, 0.2) is 6.61 Å². The van der Waals surface area contributed by atoms with E-state index in [2.05, 4.69) is 42.0 Å². The number of hydrogen-bond donors (Lipinski definition) is 1. The molecule has 3 rings (SSSR count). The van der Waals surface area contributed by atoms with Gasteiger partial charge in [0.05, 0.1) is 4.47 Å². The van der Waals surface area contributed by atoms with Gasteiger partial charge in [-0.25, -0.2) is 0 Å². The van der Waals surface area contributed by atoms with Crippen LogP contribution in [0.15, 0.2) is 77.3 Å². The Bertz CT molecular complexity index is 1210. The topological polar surface area (TPSA) is 58.6 Å². The summed E-state index contributed by atoms with van der Waals surface area (Å²) in [5.74, 6) is 0.0398. The van der Waals surface area contributed by atoms with Crippen LogP contribution in [0.4, 0.5) is 0 Å². The highest BCUT2D eigenvalue weighted by molar-refractivity contribution is 9.10. The van der Waals surface area contributed by atoms with E-state index in [0.717, 1.165) is 21.2 Å². The van der Waals surface area contributed by atoms with Crippen LogP contribution in [0.1, 0.15) is 44.4 Å². The minimum Gasteiger partial charge on any atom is -0.483 e. The van der Waals surface area contributed by atoms with E-state index in [1.807, 2.05) is 73.7 Å². The summed E-state index contributed by atoms with van der Waals surface area (Å²) in [6.45, 7) is 8.70. The fourth-order valence-corrected chi connectivity index (χ4v) is 4.65. The van der Waals surface area contributed by atoms with Gasteiger partial charge < -0.3 is 15.0 Å². The molecule has 0 spiro atoms. The highest BCUT2D eigenvalue weighted by Gasteiger charge is 2.31. The second-order valence-electron chi connectivity index (χ2n) is 9.90. The molecule has 37 heavy (non-hydrogen) atoms.